The first-order chi connectivity index (χ1) is 7.25. The maximum atomic E-state index is 4.62. The van der Waals surface area contributed by atoms with Crippen molar-refractivity contribution in [2.24, 2.45) is 5.92 Å². The zero-order chi connectivity index (χ0) is 10.4. The normalized spacial score (nSPS) is 25.5. The molecular formula is C12H15N3. The van der Waals surface area contributed by atoms with Crippen LogP contribution in [-0.2, 0) is 6.42 Å². The third-order valence-electron chi connectivity index (χ3n) is 3.30. The lowest BCUT2D eigenvalue weighted by atomic mass is 9.84. The molecule has 2 unspecified atom stereocenters. The average Bonchev–Trinajstić information content (AvgIpc) is 2.57. The predicted molar refractivity (Wildman–Crippen MR) is 58.9 cm³/mol. The molecule has 0 amide bonds. The Morgan fingerprint density at radius 1 is 1.40 bits per heavy atom. The molecule has 0 radical (unpaired) electrons. The minimum Gasteiger partial charge on any atom is -0.288 e. The molecule has 0 bridgehead atoms. The molecular weight excluding hydrogens is 186 g/mol. The van der Waals surface area contributed by atoms with Crippen LogP contribution >= 0.6 is 0 Å². The van der Waals surface area contributed by atoms with Gasteiger partial charge in [0.1, 0.15) is 0 Å². The molecule has 0 saturated heterocycles. The number of imidazole rings is 1. The van der Waals surface area contributed by atoms with Crippen molar-refractivity contribution >= 4 is 5.78 Å². The molecule has 0 saturated carbocycles. The zero-order valence-electron chi connectivity index (χ0n) is 9.14. The molecule has 3 nitrogen and oxygen atoms in total. The smallest absolute Gasteiger partial charge is 0.234 e. The van der Waals surface area contributed by atoms with Crippen molar-refractivity contribution in [2.45, 2.75) is 32.6 Å². The second kappa shape index (κ2) is 3.05. The van der Waals surface area contributed by atoms with Crippen LogP contribution in [0.15, 0.2) is 18.5 Å². The third kappa shape index (κ3) is 1.26. The molecule has 0 spiro atoms. The van der Waals surface area contributed by atoms with E-state index in [0.29, 0.717) is 5.92 Å². The van der Waals surface area contributed by atoms with Crippen molar-refractivity contribution in [1.82, 2.24) is 14.4 Å². The Morgan fingerprint density at radius 3 is 3.13 bits per heavy atom. The van der Waals surface area contributed by atoms with Crippen molar-refractivity contribution in [2.75, 3.05) is 0 Å². The number of nitrogens with zero attached hydrogens (tertiary/aromatic N) is 3. The fourth-order valence-electron chi connectivity index (χ4n) is 2.68. The van der Waals surface area contributed by atoms with Crippen LogP contribution in [0.5, 0.6) is 0 Å². The van der Waals surface area contributed by atoms with E-state index in [2.05, 4.69) is 34.4 Å². The number of hydrogen-bond acceptors (Lipinski definition) is 2. The highest BCUT2D eigenvalue weighted by Gasteiger charge is 2.26. The lowest BCUT2D eigenvalue weighted by molar-refractivity contribution is 0.438. The Hall–Kier alpha value is -1.38. The maximum Gasteiger partial charge on any atom is 0.234 e. The van der Waals surface area contributed by atoms with Crippen molar-refractivity contribution in [3.05, 3.63) is 29.8 Å². The van der Waals surface area contributed by atoms with Gasteiger partial charge in [-0.3, -0.25) is 4.40 Å². The molecule has 0 aromatic carbocycles. The van der Waals surface area contributed by atoms with Gasteiger partial charge in [0.05, 0.1) is 5.69 Å². The van der Waals surface area contributed by atoms with E-state index in [1.807, 2.05) is 12.3 Å². The van der Waals surface area contributed by atoms with Gasteiger partial charge in [0.25, 0.3) is 0 Å². The van der Waals surface area contributed by atoms with Gasteiger partial charge in [-0.2, -0.15) is 0 Å². The zero-order valence-corrected chi connectivity index (χ0v) is 9.14. The molecule has 0 fully saturated rings. The Balaban J connectivity index is 2.27. The third-order valence-corrected chi connectivity index (χ3v) is 3.30. The molecule has 3 rings (SSSR count). The van der Waals surface area contributed by atoms with Gasteiger partial charge in [0.2, 0.25) is 5.78 Å². The summed E-state index contributed by atoms with van der Waals surface area (Å²) in [6, 6.07) is 1.97. The van der Waals surface area contributed by atoms with Crippen LogP contribution in [0.4, 0.5) is 0 Å². The van der Waals surface area contributed by atoms with Gasteiger partial charge < -0.3 is 0 Å². The highest BCUT2D eigenvalue weighted by Crippen LogP contribution is 2.33. The Morgan fingerprint density at radius 2 is 2.27 bits per heavy atom. The lowest BCUT2D eigenvalue weighted by Gasteiger charge is -2.23. The van der Waals surface area contributed by atoms with E-state index < -0.39 is 0 Å². The SMILES string of the molecule is CC1Cc2c(nc3ncccn23)C(C)C1. The molecule has 2 heterocycles. The summed E-state index contributed by atoms with van der Waals surface area (Å²) in [7, 11) is 0. The van der Waals surface area contributed by atoms with Gasteiger partial charge >= 0.3 is 0 Å². The summed E-state index contributed by atoms with van der Waals surface area (Å²) in [4.78, 5) is 8.92. The van der Waals surface area contributed by atoms with E-state index in [-0.39, 0.29) is 0 Å². The van der Waals surface area contributed by atoms with E-state index in [4.69, 9.17) is 0 Å². The van der Waals surface area contributed by atoms with Gasteiger partial charge in [-0.15, -0.1) is 0 Å². The van der Waals surface area contributed by atoms with Gasteiger partial charge in [-0.25, -0.2) is 9.97 Å². The Bertz CT molecular complexity index is 501. The number of rotatable bonds is 0. The highest BCUT2D eigenvalue weighted by molar-refractivity contribution is 5.38. The van der Waals surface area contributed by atoms with Crippen LogP contribution in [0.3, 0.4) is 0 Å². The Labute approximate surface area is 89.2 Å². The summed E-state index contributed by atoms with van der Waals surface area (Å²) >= 11 is 0. The van der Waals surface area contributed by atoms with Crippen molar-refractivity contribution in [1.29, 1.82) is 0 Å². The van der Waals surface area contributed by atoms with Crippen molar-refractivity contribution in [3.8, 4) is 0 Å². The first-order valence-corrected chi connectivity index (χ1v) is 5.57. The van der Waals surface area contributed by atoms with Crippen LogP contribution in [0, 0.1) is 5.92 Å². The van der Waals surface area contributed by atoms with Gasteiger partial charge in [-0.05, 0) is 24.8 Å². The van der Waals surface area contributed by atoms with Crippen LogP contribution in [-0.4, -0.2) is 14.4 Å². The molecule has 1 aliphatic rings. The van der Waals surface area contributed by atoms with Crippen LogP contribution in [0.1, 0.15) is 37.6 Å². The minimum absolute atomic E-state index is 0.574. The number of hydrogen-bond donors (Lipinski definition) is 0. The maximum absolute atomic E-state index is 4.62. The summed E-state index contributed by atoms with van der Waals surface area (Å²) < 4.78 is 2.14. The van der Waals surface area contributed by atoms with E-state index in [9.17, 15) is 0 Å². The molecule has 2 aromatic rings. The van der Waals surface area contributed by atoms with Crippen LogP contribution in [0.2, 0.25) is 0 Å². The van der Waals surface area contributed by atoms with Gasteiger partial charge in [-0.1, -0.05) is 13.8 Å². The largest absolute Gasteiger partial charge is 0.288 e. The quantitative estimate of drug-likeness (QED) is 0.655. The molecule has 2 atom stereocenters. The van der Waals surface area contributed by atoms with E-state index in [1.54, 1.807) is 0 Å². The van der Waals surface area contributed by atoms with E-state index in [1.165, 1.54) is 17.8 Å². The number of aromatic nitrogens is 3. The summed E-state index contributed by atoms with van der Waals surface area (Å²) in [5.74, 6) is 2.18. The second-order valence-corrected chi connectivity index (χ2v) is 4.68. The standard InChI is InChI=1S/C12H15N3/c1-8-6-9(2)11-10(7-8)15-5-3-4-13-12(15)14-11/h3-5,8-9H,6-7H2,1-2H3. The highest BCUT2D eigenvalue weighted by atomic mass is 15.1. The molecule has 3 heteroatoms. The minimum atomic E-state index is 0.574. The molecule has 1 aliphatic carbocycles. The first-order valence-electron chi connectivity index (χ1n) is 5.57. The summed E-state index contributed by atoms with van der Waals surface area (Å²) in [5, 5.41) is 0. The summed E-state index contributed by atoms with van der Waals surface area (Å²) in [6.45, 7) is 4.58. The topological polar surface area (TPSA) is 30.2 Å². The molecule has 0 aliphatic heterocycles. The van der Waals surface area contributed by atoms with Crippen LogP contribution in [0.25, 0.3) is 5.78 Å². The fourth-order valence-corrected chi connectivity index (χ4v) is 2.68. The lowest BCUT2D eigenvalue weighted by Crippen LogP contribution is -2.15. The van der Waals surface area contributed by atoms with Crippen molar-refractivity contribution in [3.63, 3.8) is 0 Å². The molecule has 0 N–H and O–H groups in total. The molecule has 2 aromatic heterocycles. The van der Waals surface area contributed by atoms with Gasteiger partial charge in [0.15, 0.2) is 0 Å². The van der Waals surface area contributed by atoms with Gasteiger partial charge in [0, 0.05) is 24.0 Å². The first kappa shape index (κ1) is 8.89. The summed E-state index contributed by atoms with van der Waals surface area (Å²) in [6.07, 6.45) is 6.25. The second-order valence-electron chi connectivity index (χ2n) is 4.68. The predicted octanol–water partition coefficient (Wildman–Crippen LogP) is 2.42. The Kier molecular flexibility index (Phi) is 1.81. The van der Waals surface area contributed by atoms with Crippen molar-refractivity contribution < 1.29 is 0 Å². The fraction of sp³-hybridized carbons (Fsp3) is 0.500. The van der Waals surface area contributed by atoms with Crippen LogP contribution < -0.4 is 0 Å². The molecule has 78 valence electrons. The van der Waals surface area contributed by atoms with E-state index in [0.717, 1.165) is 18.1 Å². The number of fused-ring (bicyclic) bond motifs is 3. The average molecular weight is 201 g/mol. The molecule has 15 heavy (non-hydrogen) atoms. The monoisotopic (exact) mass is 201 g/mol. The summed E-state index contributed by atoms with van der Waals surface area (Å²) in [5.41, 5.74) is 2.62. The van der Waals surface area contributed by atoms with E-state index >= 15 is 0 Å².